The van der Waals surface area contributed by atoms with Crippen LogP contribution in [0.3, 0.4) is 0 Å². The van der Waals surface area contributed by atoms with Crippen molar-refractivity contribution in [3.63, 3.8) is 0 Å². The first-order valence-corrected chi connectivity index (χ1v) is 7.95. The van der Waals surface area contributed by atoms with Gasteiger partial charge >= 0.3 is 0 Å². The minimum atomic E-state index is -0.0461. The van der Waals surface area contributed by atoms with Crippen LogP contribution in [-0.2, 0) is 6.61 Å². The highest BCUT2D eigenvalue weighted by Gasteiger charge is 2.26. The van der Waals surface area contributed by atoms with Gasteiger partial charge in [-0.15, -0.1) is 0 Å². The monoisotopic (exact) mass is 304 g/mol. The second-order valence-corrected chi connectivity index (χ2v) is 6.35. The molecule has 4 heteroatoms. The maximum atomic E-state index is 9.70. The minimum absolute atomic E-state index is 0.0461. The van der Waals surface area contributed by atoms with Crippen molar-refractivity contribution in [2.24, 2.45) is 0 Å². The van der Waals surface area contributed by atoms with Crippen LogP contribution in [-0.4, -0.2) is 14.9 Å². The maximum Gasteiger partial charge on any atom is 0.138 e. The van der Waals surface area contributed by atoms with Gasteiger partial charge in [0.25, 0.3) is 0 Å². The second-order valence-electron chi connectivity index (χ2n) is 6.00. The molecule has 0 aliphatic heterocycles. The van der Waals surface area contributed by atoms with Crippen molar-refractivity contribution < 1.29 is 5.11 Å². The van der Waals surface area contributed by atoms with Crippen LogP contribution in [0.15, 0.2) is 18.2 Å². The van der Waals surface area contributed by atoms with E-state index in [0.29, 0.717) is 11.1 Å². The number of nitrogens with zero attached hydrogens (tertiary/aromatic N) is 2. The van der Waals surface area contributed by atoms with Crippen LogP contribution in [0.5, 0.6) is 0 Å². The van der Waals surface area contributed by atoms with Crippen molar-refractivity contribution in [1.29, 1.82) is 0 Å². The summed E-state index contributed by atoms with van der Waals surface area (Å²) in [5, 5.41) is 15.0. The van der Waals surface area contributed by atoms with Gasteiger partial charge in [0.15, 0.2) is 0 Å². The Labute approximate surface area is 130 Å². The zero-order valence-electron chi connectivity index (χ0n) is 12.6. The van der Waals surface area contributed by atoms with E-state index in [1.165, 1.54) is 18.4 Å². The van der Waals surface area contributed by atoms with Gasteiger partial charge in [-0.3, -0.25) is 0 Å². The Morgan fingerprint density at radius 3 is 2.62 bits per heavy atom. The van der Waals surface area contributed by atoms with Gasteiger partial charge in [0.1, 0.15) is 5.15 Å². The SMILES string of the molecule is Cc1ccc(-n2nc(C3CCCC3)c(CO)c2Cl)c(C)c1. The summed E-state index contributed by atoms with van der Waals surface area (Å²) in [5.74, 6) is 0.441. The molecule has 0 atom stereocenters. The van der Waals surface area contributed by atoms with Gasteiger partial charge < -0.3 is 5.11 Å². The van der Waals surface area contributed by atoms with Crippen molar-refractivity contribution in [2.45, 2.75) is 52.1 Å². The molecule has 1 aromatic heterocycles. The molecule has 1 aliphatic rings. The van der Waals surface area contributed by atoms with Crippen molar-refractivity contribution in [1.82, 2.24) is 9.78 Å². The fourth-order valence-corrected chi connectivity index (χ4v) is 3.61. The van der Waals surface area contributed by atoms with E-state index in [1.54, 1.807) is 4.68 Å². The summed E-state index contributed by atoms with van der Waals surface area (Å²) in [6.45, 7) is 4.09. The summed E-state index contributed by atoms with van der Waals surface area (Å²) >= 11 is 6.49. The van der Waals surface area contributed by atoms with Gasteiger partial charge in [0, 0.05) is 11.5 Å². The third kappa shape index (κ3) is 2.60. The summed E-state index contributed by atoms with van der Waals surface area (Å²) in [6, 6.07) is 6.23. The van der Waals surface area contributed by atoms with Crippen LogP contribution < -0.4 is 0 Å². The summed E-state index contributed by atoms with van der Waals surface area (Å²) in [4.78, 5) is 0. The average Bonchev–Trinajstić information content (AvgIpc) is 3.07. The standard InChI is InChI=1S/C17H21ClN2O/c1-11-7-8-15(12(2)9-11)20-17(18)14(10-21)16(19-20)13-5-3-4-6-13/h7-9,13,21H,3-6,10H2,1-2H3. The van der Waals surface area contributed by atoms with E-state index < -0.39 is 0 Å². The lowest BCUT2D eigenvalue weighted by atomic mass is 10.0. The quantitative estimate of drug-likeness (QED) is 0.918. The molecule has 2 aromatic rings. The van der Waals surface area contributed by atoms with Crippen LogP contribution in [0.4, 0.5) is 0 Å². The van der Waals surface area contributed by atoms with Gasteiger partial charge in [-0.05, 0) is 38.3 Å². The molecule has 112 valence electrons. The lowest BCUT2D eigenvalue weighted by Gasteiger charge is -2.08. The van der Waals surface area contributed by atoms with E-state index in [-0.39, 0.29) is 6.61 Å². The lowest BCUT2D eigenvalue weighted by molar-refractivity contribution is 0.280. The first-order chi connectivity index (χ1) is 10.1. The van der Waals surface area contributed by atoms with Crippen molar-refractivity contribution >= 4 is 11.6 Å². The number of halogens is 1. The summed E-state index contributed by atoms with van der Waals surface area (Å²) < 4.78 is 1.79. The van der Waals surface area contributed by atoms with E-state index in [0.717, 1.165) is 35.3 Å². The zero-order valence-corrected chi connectivity index (χ0v) is 13.3. The predicted molar refractivity (Wildman–Crippen MR) is 85.2 cm³/mol. The molecule has 1 N–H and O–H groups in total. The molecule has 0 radical (unpaired) electrons. The molecule has 1 aliphatic carbocycles. The molecular weight excluding hydrogens is 284 g/mol. The first-order valence-electron chi connectivity index (χ1n) is 7.57. The topological polar surface area (TPSA) is 38.0 Å². The third-order valence-electron chi connectivity index (χ3n) is 4.43. The highest BCUT2D eigenvalue weighted by Crippen LogP contribution is 2.38. The average molecular weight is 305 g/mol. The zero-order chi connectivity index (χ0) is 15.0. The normalized spacial score (nSPS) is 15.8. The molecule has 0 spiro atoms. The minimum Gasteiger partial charge on any atom is -0.391 e. The summed E-state index contributed by atoms with van der Waals surface area (Å²) in [7, 11) is 0. The van der Waals surface area contributed by atoms with Gasteiger partial charge in [-0.25, -0.2) is 4.68 Å². The van der Waals surface area contributed by atoms with E-state index in [9.17, 15) is 5.11 Å². The van der Waals surface area contributed by atoms with Gasteiger partial charge in [-0.2, -0.15) is 5.10 Å². The van der Waals surface area contributed by atoms with E-state index >= 15 is 0 Å². The molecule has 1 aromatic carbocycles. The number of rotatable bonds is 3. The largest absolute Gasteiger partial charge is 0.391 e. The molecule has 0 saturated heterocycles. The Morgan fingerprint density at radius 2 is 2.00 bits per heavy atom. The molecular formula is C17H21ClN2O. The number of hydrogen-bond donors (Lipinski definition) is 1. The highest BCUT2D eigenvalue weighted by molar-refractivity contribution is 6.30. The fraction of sp³-hybridized carbons (Fsp3) is 0.471. The number of aliphatic hydroxyl groups is 1. The van der Waals surface area contributed by atoms with Crippen molar-refractivity contribution in [2.75, 3.05) is 0 Å². The van der Waals surface area contributed by atoms with Crippen LogP contribution >= 0.6 is 11.6 Å². The number of benzene rings is 1. The van der Waals surface area contributed by atoms with Crippen LogP contribution in [0.1, 0.15) is 54.0 Å². The Bertz CT molecular complexity index is 657. The number of hydrogen-bond acceptors (Lipinski definition) is 2. The Balaban J connectivity index is 2.10. The number of aromatic nitrogens is 2. The molecule has 3 rings (SSSR count). The number of aliphatic hydroxyl groups excluding tert-OH is 1. The highest BCUT2D eigenvalue weighted by atomic mass is 35.5. The second kappa shape index (κ2) is 5.82. The summed E-state index contributed by atoms with van der Waals surface area (Å²) in [5.41, 5.74) is 5.13. The van der Waals surface area contributed by atoms with Crippen molar-refractivity contribution in [3.8, 4) is 5.69 Å². The molecule has 0 bridgehead atoms. The van der Waals surface area contributed by atoms with Gasteiger partial charge in [0.05, 0.1) is 18.0 Å². The van der Waals surface area contributed by atoms with Crippen LogP contribution in [0, 0.1) is 13.8 Å². The molecule has 1 heterocycles. The van der Waals surface area contributed by atoms with E-state index in [2.05, 4.69) is 26.0 Å². The molecule has 1 saturated carbocycles. The third-order valence-corrected chi connectivity index (χ3v) is 4.82. The van der Waals surface area contributed by atoms with E-state index in [1.807, 2.05) is 6.07 Å². The molecule has 0 amide bonds. The molecule has 0 unspecified atom stereocenters. The van der Waals surface area contributed by atoms with Crippen molar-refractivity contribution in [3.05, 3.63) is 45.7 Å². The Morgan fingerprint density at radius 1 is 1.29 bits per heavy atom. The predicted octanol–water partition coefficient (Wildman–Crippen LogP) is 4.29. The lowest BCUT2D eigenvalue weighted by Crippen LogP contribution is -2.02. The maximum absolute atomic E-state index is 9.70. The van der Waals surface area contributed by atoms with Crippen LogP contribution in [0.2, 0.25) is 5.15 Å². The first kappa shape index (κ1) is 14.6. The molecule has 21 heavy (non-hydrogen) atoms. The van der Waals surface area contributed by atoms with Gasteiger partial charge in [-0.1, -0.05) is 42.1 Å². The van der Waals surface area contributed by atoms with Crippen LogP contribution in [0.25, 0.3) is 5.69 Å². The Kier molecular flexibility index (Phi) is 4.05. The fourth-order valence-electron chi connectivity index (χ4n) is 3.32. The smallest absolute Gasteiger partial charge is 0.138 e. The van der Waals surface area contributed by atoms with Gasteiger partial charge in [0.2, 0.25) is 0 Å². The van der Waals surface area contributed by atoms with E-state index in [4.69, 9.17) is 16.7 Å². The Hall–Kier alpha value is -1.32. The molecule has 3 nitrogen and oxygen atoms in total. The summed E-state index contributed by atoms with van der Waals surface area (Å²) in [6.07, 6.45) is 4.77. The number of aryl methyl sites for hydroxylation is 2. The molecule has 1 fully saturated rings.